The van der Waals surface area contributed by atoms with Gasteiger partial charge in [-0.1, -0.05) is 19.1 Å². The lowest BCUT2D eigenvalue weighted by atomic mass is 10.0. The van der Waals surface area contributed by atoms with Gasteiger partial charge < -0.3 is 14.7 Å². The summed E-state index contributed by atoms with van der Waals surface area (Å²) < 4.78 is 5.58. The SMILES string of the molecule is CC1CCCN(CC(O)COc2ccccc2C#N)CC1. The van der Waals surface area contributed by atoms with Crippen molar-refractivity contribution in [3.63, 3.8) is 0 Å². The predicted molar refractivity (Wildman–Crippen MR) is 82.1 cm³/mol. The van der Waals surface area contributed by atoms with Crippen molar-refractivity contribution >= 4 is 0 Å². The molecular weight excluding hydrogens is 264 g/mol. The first-order valence-electron chi connectivity index (χ1n) is 7.71. The monoisotopic (exact) mass is 288 g/mol. The number of likely N-dealkylation sites (tertiary alicyclic amines) is 1. The molecule has 0 bridgehead atoms. The van der Waals surface area contributed by atoms with Crippen molar-refractivity contribution in [2.24, 2.45) is 5.92 Å². The molecule has 0 spiro atoms. The van der Waals surface area contributed by atoms with Crippen LogP contribution in [-0.4, -0.2) is 42.4 Å². The molecule has 0 saturated carbocycles. The number of nitrogens with zero attached hydrogens (tertiary/aromatic N) is 2. The molecule has 1 heterocycles. The van der Waals surface area contributed by atoms with Crippen LogP contribution in [0.3, 0.4) is 0 Å². The molecule has 1 saturated heterocycles. The molecule has 1 aliphatic rings. The van der Waals surface area contributed by atoms with Gasteiger partial charge in [-0.15, -0.1) is 0 Å². The first-order valence-corrected chi connectivity index (χ1v) is 7.71. The van der Waals surface area contributed by atoms with Crippen LogP contribution in [0.15, 0.2) is 24.3 Å². The molecule has 21 heavy (non-hydrogen) atoms. The van der Waals surface area contributed by atoms with E-state index in [9.17, 15) is 5.11 Å². The van der Waals surface area contributed by atoms with Crippen LogP contribution < -0.4 is 4.74 Å². The van der Waals surface area contributed by atoms with Crippen molar-refractivity contribution in [2.45, 2.75) is 32.3 Å². The van der Waals surface area contributed by atoms with E-state index in [4.69, 9.17) is 10.00 Å². The van der Waals surface area contributed by atoms with Crippen LogP contribution in [-0.2, 0) is 0 Å². The second-order valence-corrected chi connectivity index (χ2v) is 5.91. The molecule has 1 aliphatic heterocycles. The number of ether oxygens (including phenoxy) is 1. The van der Waals surface area contributed by atoms with E-state index in [2.05, 4.69) is 17.9 Å². The molecule has 1 N–H and O–H groups in total. The van der Waals surface area contributed by atoms with Crippen LogP contribution in [0.25, 0.3) is 0 Å². The number of nitriles is 1. The maximum Gasteiger partial charge on any atom is 0.137 e. The van der Waals surface area contributed by atoms with Crippen LogP contribution in [0.2, 0.25) is 0 Å². The molecule has 0 aliphatic carbocycles. The Balaban J connectivity index is 1.79. The summed E-state index contributed by atoms with van der Waals surface area (Å²) in [6, 6.07) is 9.22. The molecule has 1 aromatic carbocycles. The second kappa shape index (κ2) is 8.02. The summed E-state index contributed by atoms with van der Waals surface area (Å²) in [7, 11) is 0. The Hall–Kier alpha value is -1.57. The van der Waals surface area contributed by atoms with Gasteiger partial charge in [0, 0.05) is 6.54 Å². The molecule has 0 amide bonds. The van der Waals surface area contributed by atoms with Crippen molar-refractivity contribution in [3.05, 3.63) is 29.8 Å². The average Bonchev–Trinajstić information content (AvgIpc) is 2.70. The third kappa shape index (κ3) is 5.04. The van der Waals surface area contributed by atoms with Crippen LogP contribution in [0.5, 0.6) is 5.75 Å². The molecule has 2 rings (SSSR count). The number of hydrogen-bond donors (Lipinski definition) is 1. The van der Waals surface area contributed by atoms with E-state index in [1.165, 1.54) is 19.3 Å². The summed E-state index contributed by atoms with van der Waals surface area (Å²) in [6.07, 6.45) is 3.15. The van der Waals surface area contributed by atoms with E-state index >= 15 is 0 Å². The Labute approximate surface area is 127 Å². The lowest BCUT2D eigenvalue weighted by Gasteiger charge is -2.23. The third-order valence-electron chi connectivity index (χ3n) is 4.02. The highest BCUT2D eigenvalue weighted by atomic mass is 16.5. The Morgan fingerprint density at radius 3 is 3.00 bits per heavy atom. The van der Waals surface area contributed by atoms with Gasteiger partial charge >= 0.3 is 0 Å². The Bertz CT molecular complexity index is 484. The summed E-state index contributed by atoms with van der Waals surface area (Å²) in [5.74, 6) is 1.33. The van der Waals surface area contributed by atoms with Gasteiger partial charge in [-0.3, -0.25) is 0 Å². The standard InChI is InChI=1S/C17H24N2O2/c1-14-5-4-9-19(10-8-14)12-16(20)13-21-17-7-3-2-6-15(17)11-18/h2-3,6-7,14,16,20H,4-5,8-10,12-13H2,1H3. The minimum atomic E-state index is -0.523. The van der Waals surface area contributed by atoms with Gasteiger partial charge in [0.25, 0.3) is 0 Å². The minimum Gasteiger partial charge on any atom is -0.489 e. The summed E-state index contributed by atoms with van der Waals surface area (Å²) in [5, 5.41) is 19.1. The molecular formula is C17H24N2O2. The van der Waals surface area contributed by atoms with Crippen LogP contribution in [0.1, 0.15) is 31.7 Å². The highest BCUT2D eigenvalue weighted by Crippen LogP contribution is 2.18. The quantitative estimate of drug-likeness (QED) is 0.904. The number of β-amino-alcohol motifs (C(OH)–C–C–N with tert-alkyl or cyclic N) is 1. The second-order valence-electron chi connectivity index (χ2n) is 5.91. The van der Waals surface area contributed by atoms with Gasteiger partial charge in [-0.25, -0.2) is 0 Å². The molecule has 0 radical (unpaired) electrons. The van der Waals surface area contributed by atoms with Gasteiger partial charge in [-0.2, -0.15) is 5.26 Å². The number of aliphatic hydroxyl groups excluding tert-OH is 1. The Morgan fingerprint density at radius 1 is 1.38 bits per heavy atom. The molecule has 0 aromatic heterocycles. The van der Waals surface area contributed by atoms with E-state index in [0.717, 1.165) is 19.0 Å². The predicted octanol–water partition coefficient (Wildman–Crippen LogP) is 2.42. The van der Waals surface area contributed by atoms with E-state index in [-0.39, 0.29) is 6.61 Å². The number of rotatable bonds is 5. The third-order valence-corrected chi connectivity index (χ3v) is 4.02. The van der Waals surface area contributed by atoms with E-state index in [0.29, 0.717) is 17.9 Å². The Morgan fingerprint density at radius 2 is 2.19 bits per heavy atom. The zero-order chi connectivity index (χ0) is 15.1. The van der Waals surface area contributed by atoms with E-state index < -0.39 is 6.10 Å². The zero-order valence-corrected chi connectivity index (χ0v) is 12.7. The molecule has 4 heteroatoms. The average molecular weight is 288 g/mol. The lowest BCUT2D eigenvalue weighted by molar-refractivity contribution is 0.0690. The number of benzene rings is 1. The van der Waals surface area contributed by atoms with Crippen LogP contribution in [0.4, 0.5) is 0 Å². The van der Waals surface area contributed by atoms with Crippen LogP contribution >= 0.6 is 0 Å². The summed E-state index contributed by atoms with van der Waals surface area (Å²) in [6.45, 7) is 5.26. The number of para-hydroxylation sites is 1. The molecule has 4 nitrogen and oxygen atoms in total. The van der Waals surface area contributed by atoms with Gasteiger partial charge in [0.2, 0.25) is 0 Å². The summed E-state index contributed by atoms with van der Waals surface area (Å²) in [4.78, 5) is 2.31. The topological polar surface area (TPSA) is 56.5 Å². The van der Waals surface area contributed by atoms with E-state index in [1.807, 2.05) is 6.07 Å². The van der Waals surface area contributed by atoms with Gasteiger partial charge in [0.05, 0.1) is 5.56 Å². The minimum absolute atomic E-state index is 0.227. The van der Waals surface area contributed by atoms with Crippen molar-refractivity contribution in [1.82, 2.24) is 4.90 Å². The summed E-state index contributed by atoms with van der Waals surface area (Å²) in [5.41, 5.74) is 0.508. The normalized spacial score (nSPS) is 21.3. The molecule has 2 atom stereocenters. The molecule has 1 fully saturated rings. The van der Waals surface area contributed by atoms with Crippen molar-refractivity contribution in [1.29, 1.82) is 5.26 Å². The molecule has 114 valence electrons. The lowest BCUT2D eigenvalue weighted by Crippen LogP contribution is -2.36. The zero-order valence-electron chi connectivity index (χ0n) is 12.7. The maximum atomic E-state index is 10.1. The Kier molecular flexibility index (Phi) is 6.04. The number of hydrogen-bond acceptors (Lipinski definition) is 4. The fourth-order valence-electron chi connectivity index (χ4n) is 2.73. The van der Waals surface area contributed by atoms with Gasteiger partial charge in [-0.05, 0) is 50.4 Å². The number of aliphatic hydroxyl groups is 1. The smallest absolute Gasteiger partial charge is 0.137 e. The fraction of sp³-hybridized carbons (Fsp3) is 0.588. The highest BCUT2D eigenvalue weighted by Gasteiger charge is 2.17. The first-order chi connectivity index (χ1) is 10.2. The van der Waals surface area contributed by atoms with Crippen molar-refractivity contribution < 1.29 is 9.84 Å². The fourth-order valence-corrected chi connectivity index (χ4v) is 2.73. The van der Waals surface area contributed by atoms with Crippen LogP contribution in [0, 0.1) is 17.2 Å². The summed E-state index contributed by atoms with van der Waals surface area (Å²) >= 11 is 0. The van der Waals surface area contributed by atoms with Crippen molar-refractivity contribution in [3.8, 4) is 11.8 Å². The van der Waals surface area contributed by atoms with Gasteiger partial charge in [0.15, 0.2) is 0 Å². The first kappa shape index (κ1) is 15.8. The largest absolute Gasteiger partial charge is 0.489 e. The van der Waals surface area contributed by atoms with E-state index in [1.54, 1.807) is 18.2 Å². The highest BCUT2D eigenvalue weighted by molar-refractivity contribution is 5.42. The van der Waals surface area contributed by atoms with Gasteiger partial charge in [0.1, 0.15) is 24.5 Å². The molecule has 1 aromatic rings. The maximum absolute atomic E-state index is 10.1. The molecule has 2 unspecified atom stereocenters. The van der Waals surface area contributed by atoms with Crippen molar-refractivity contribution in [2.75, 3.05) is 26.2 Å².